The third-order valence-corrected chi connectivity index (χ3v) is 10.9. The predicted molar refractivity (Wildman–Crippen MR) is 119 cm³/mol. The van der Waals surface area contributed by atoms with Gasteiger partial charge in [-0.15, -0.1) is 0 Å². The van der Waals surface area contributed by atoms with Gasteiger partial charge in [0.1, 0.15) is 0 Å². The van der Waals surface area contributed by atoms with Crippen LogP contribution in [0.3, 0.4) is 0 Å². The molecule has 1 aliphatic heterocycles. The molecule has 0 aromatic rings. The third-order valence-electron chi connectivity index (χ3n) is 10.9. The summed E-state index contributed by atoms with van der Waals surface area (Å²) in [7, 11) is 0. The number of fused-ring (bicyclic) bond motifs is 5. The summed E-state index contributed by atoms with van der Waals surface area (Å²) in [6.45, 7) is 12.3. The van der Waals surface area contributed by atoms with Crippen molar-refractivity contribution in [3.05, 3.63) is 11.6 Å². The summed E-state index contributed by atoms with van der Waals surface area (Å²) >= 11 is 0. The van der Waals surface area contributed by atoms with Crippen molar-refractivity contribution in [2.75, 3.05) is 0 Å². The molecule has 1 heterocycles. The van der Waals surface area contributed by atoms with Crippen LogP contribution in [-0.2, 0) is 4.74 Å². The normalized spacial score (nSPS) is 51.4. The Morgan fingerprint density at radius 2 is 1.83 bits per heavy atom. The van der Waals surface area contributed by atoms with Crippen molar-refractivity contribution in [1.82, 2.24) is 0 Å². The highest BCUT2D eigenvalue weighted by Crippen LogP contribution is 2.67. The Labute approximate surface area is 178 Å². The van der Waals surface area contributed by atoms with Gasteiger partial charge in [-0.3, -0.25) is 0 Å². The van der Waals surface area contributed by atoms with E-state index in [1.54, 1.807) is 5.57 Å². The lowest BCUT2D eigenvalue weighted by atomic mass is 9.47. The molecule has 5 rings (SSSR count). The molecule has 0 aromatic heterocycles. The van der Waals surface area contributed by atoms with Crippen molar-refractivity contribution < 1.29 is 9.84 Å². The second kappa shape index (κ2) is 6.83. The second-order valence-electron chi connectivity index (χ2n) is 12.6. The molecule has 164 valence electrons. The average molecular weight is 401 g/mol. The van der Waals surface area contributed by atoms with Crippen LogP contribution in [0.25, 0.3) is 0 Å². The smallest absolute Gasteiger partial charge is 0.0892 e. The standard InChI is InChI=1S/C27H44O2/c1-17(6-11-24-25(2,3)29-24)21-9-10-22-20-8-7-18-16-19(28)12-14-26(18,4)23(20)13-15-27(21,22)5/h7,17,19-24,28H,6,8-16H2,1-5H3/t17?,19-,20?,21+,22-,23-,24?,26-,27+/m0/s1. The molecule has 2 nitrogen and oxygen atoms in total. The average Bonchev–Trinajstić information content (AvgIpc) is 3.11. The van der Waals surface area contributed by atoms with Crippen molar-refractivity contribution in [2.45, 2.75) is 117 Å². The lowest BCUT2D eigenvalue weighted by Gasteiger charge is -2.58. The van der Waals surface area contributed by atoms with E-state index in [1.807, 2.05) is 0 Å². The van der Waals surface area contributed by atoms with Crippen molar-refractivity contribution >= 4 is 0 Å². The van der Waals surface area contributed by atoms with E-state index < -0.39 is 0 Å². The van der Waals surface area contributed by atoms with Gasteiger partial charge in [-0.2, -0.15) is 0 Å². The van der Waals surface area contributed by atoms with E-state index in [-0.39, 0.29) is 11.7 Å². The minimum Gasteiger partial charge on any atom is -0.393 e. The zero-order valence-corrected chi connectivity index (χ0v) is 19.5. The fraction of sp³-hybridized carbons (Fsp3) is 0.926. The first kappa shape index (κ1) is 20.6. The van der Waals surface area contributed by atoms with E-state index in [4.69, 9.17) is 4.74 Å². The summed E-state index contributed by atoms with van der Waals surface area (Å²) in [6, 6.07) is 0. The number of hydrogen-bond donors (Lipinski definition) is 1. The molecule has 0 bridgehead atoms. The number of allylic oxidation sites excluding steroid dienone is 1. The molecule has 0 spiro atoms. The molecular formula is C27H44O2. The molecule has 9 atom stereocenters. The van der Waals surface area contributed by atoms with Gasteiger partial charge >= 0.3 is 0 Å². The maximum absolute atomic E-state index is 10.2. The highest BCUT2D eigenvalue weighted by atomic mass is 16.6. The van der Waals surface area contributed by atoms with Gasteiger partial charge in [-0.1, -0.05) is 32.4 Å². The van der Waals surface area contributed by atoms with Crippen LogP contribution < -0.4 is 0 Å². The van der Waals surface area contributed by atoms with Crippen LogP contribution in [-0.4, -0.2) is 22.9 Å². The summed E-state index contributed by atoms with van der Waals surface area (Å²) in [5.41, 5.74) is 2.68. The largest absolute Gasteiger partial charge is 0.393 e. The van der Waals surface area contributed by atoms with Crippen LogP contribution in [0.5, 0.6) is 0 Å². The van der Waals surface area contributed by atoms with E-state index in [2.05, 4.69) is 40.7 Å². The van der Waals surface area contributed by atoms with Crippen molar-refractivity contribution in [1.29, 1.82) is 0 Å². The number of hydrogen-bond acceptors (Lipinski definition) is 2. The van der Waals surface area contributed by atoms with Gasteiger partial charge in [0.25, 0.3) is 0 Å². The first-order valence-corrected chi connectivity index (χ1v) is 12.7. The molecule has 1 N–H and O–H groups in total. The summed E-state index contributed by atoms with van der Waals surface area (Å²) in [5, 5.41) is 10.2. The zero-order valence-electron chi connectivity index (χ0n) is 19.5. The number of epoxide rings is 1. The number of aliphatic hydroxyl groups excluding tert-OH is 1. The topological polar surface area (TPSA) is 32.8 Å². The molecule has 5 aliphatic rings. The van der Waals surface area contributed by atoms with Gasteiger partial charge in [0, 0.05) is 0 Å². The minimum atomic E-state index is -0.0862. The summed E-state index contributed by atoms with van der Waals surface area (Å²) < 4.78 is 5.86. The van der Waals surface area contributed by atoms with Crippen molar-refractivity contribution in [3.63, 3.8) is 0 Å². The summed E-state index contributed by atoms with van der Waals surface area (Å²) in [5.74, 6) is 4.41. The maximum atomic E-state index is 10.2. The van der Waals surface area contributed by atoms with Gasteiger partial charge in [-0.25, -0.2) is 0 Å². The fourth-order valence-corrected chi connectivity index (χ4v) is 8.97. The van der Waals surface area contributed by atoms with E-state index >= 15 is 0 Å². The van der Waals surface area contributed by atoms with Gasteiger partial charge in [0.15, 0.2) is 0 Å². The molecule has 29 heavy (non-hydrogen) atoms. The highest BCUT2D eigenvalue weighted by molar-refractivity contribution is 5.25. The minimum absolute atomic E-state index is 0.0862. The molecule has 3 saturated carbocycles. The van der Waals surface area contributed by atoms with E-state index in [0.717, 1.165) is 42.4 Å². The third kappa shape index (κ3) is 3.18. The quantitative estimate of drug-likeness (QED) is 0.430. The van der Waals surface area contributed by atoms with Gasteiger partial charge in [0.2, 0.25) is 0 Å². The molecule has 2 heteroatoms. The van der Waals surface area contributed by atoms with E-state index in [1.165, 1.54) is 51.4 Å². The van der Waals surface area contributed by atoms with Crippen LogP contribution in [0.2, 0.25) is 0 Å². The van der Waals surface area contributed by atoms with Gasteiger partial charge < -0.3 is 9.84 Å². The molecule has 0 aromatic carbocycles. The first-order valence-electron chi connectivity index (χ1n) is 12.7. The molecule has 1 saturated heterocycles. The van der Waals surface area contributed by atoms with Crippen molar-refractivity contribution in [3.8, 4) is 0 Å². The van der Waals surface area contributed by atoms with E-state index in [0.29, 0.717) is 16.9 Å². The monoisotopic (exact) mass is 400 g/mol. The molecule has 4 aliphatic carbocycles. The van der Waals surface area contributed by atoms with Crippen LogP contribution in [0.1, 0.15) is 98.8 Å². The van der Waals surface area contributed by atoms with Gasteiger partial charge in [-0.05, 0) is 118 Å². The second-order valence-corrected chi connectivity index (χ2v) is 12.6. The maximum Gasteiger partial charge on any atom is 0.0892 e. The Morgan fingerprint density at radius 1 is 1.07 bits per heavy atom. The Morgan fingerprint density at radius 3 is 2.55 bits per heavy atom. The summed E-state index contributed by atoms with van der Waals surface area (Å²) in [4.78, 5) is 0. The molecule has 4 fully saturated rings. The van der Waals surface area contributed by atoms with Gasteiger partial charge in [0.05, 0.1) is 17.8 Å². The molecule has 0 radical (unpaired) electrons. The molecule has 0 amide bonds. The Balaban J connectivity index is 1.30. The van der Waals surface area contributed by atoms with Crippen LogP contribution >= 0.6 is 0 Å². The summed E-state index contributed by atoms with van der Waals surface area (Å²) in [6.07, 6.45) is 15.8. The van der Waals surface area contributed by atoms with Crippen LogP contribution in [0.15, 0.2) is 11.6 Å². The van der Waals surface area contributed by atoms with Crippen molar-refractivity contribution in [2.24, 2.45) is 40.4 Å². The number of rotatable bonds is 4. The lowest BCUT2D eigenvalue weighted by Crippen LogP contribution is -2.50. The fourth-order valence-electron chi connectivity index (χ4n) is 8.97. The SMILES string of the molecule is CC(CCC1OC1(C)C)[C@H]1CC[C@H]2C3CC=C4C[C@@H](O)CC[C@]4(C)[C@H]3CC[C@]12C. The lowest BCUT2D eigenvalue weighted by molar-refractivity contribution is -0.0573. The Hall–Kier alpha value is -0.340. The predicted octanol–water partition coefficient (Wildman–Crippen LogP) is 6.52. The molecular weight excluding hydrogens is 356 g/mol. The van der Waals surface area contributed by atoms with Crippen LogP contribution in [0.4, 0.5) is 0 Å². The van der Waals surface area contributed by atoms with Crippen LogP contribution in [0, 0.1) is 40.4 Å². The first-order chi connectivity index (χ1) is 13.6. The van der Waals surface area contributed by atoms with E-state index in [9.17, 15) is 5.11 Å². The highest BCUT2D eigenvalue weighted by Gasteiger charge is 2.59. The Bertz CT molecular complexity index is 680. The Kier molecular flexibility index (Phi) is 4.84. The zero-order chi connectivity index (χ0) is 20.6. The number of aliphatic hydroxyl groups is 1. The number of ether oxygens (including phenoxy) is 1. The molecule has 3 unspecified atom stereocenters.